The van der Waals surface area contributed by atoms with Crippen LogP contribution in [0.5, 0.6) is 0 Å². The Labute approximate surface area is 134 Å². The molecule has 3 rings (SSSR count). The molecule has 21 heavy (non-hydrogen) atoms. The normalized spacial score (nSPS) is 14.7. The molecule has 1 nitrogen and oxygen atoms in total. The smallest absolute Gasteiger partial charge is 0.0443 e. The van der Waals surface area contributed by atoms with Gasteiger partial charge in [0.2, 0.25) is 0 Å². The van der Waals surface area contributed by atoms with Crippen LogP contribution in [-0.4, -0.2) is 0 Å². The van der Waals surface area contributed by atoms with Gasteiger partial charge in [-0.25, -0.2) is 0 Å². The van der Waals surface area contributed by atoms with Crippen LogP contribution in [0.1, 0.15) is 42.6 Å². The van der Waals surface area contributed by atoms with Gasteiger partial charge in [-0.3, -0.25) is 0 Å². The quantitative estimate of drug-likeness (QED) is 0.608. The number of benzene rings is 1. The Bertz CT molecular complexity index is 664. The van der Waals surface area contributed by atoms with Crippen LogP contribution in [0.4, 0.5) is 0 Å². The first-order valence-corrected chi connectivity index (χ1v) is 9.12. The first-order valence-electron chi connectivity index (χ1n) is 7.43. The number of rotatable bonds is 5. The Kier molecular flexibility index (Phi) is 4.43. The average Bonchev–Trinajstić information content (AvgIpc) is 3.12. The molecule has 0 aliphatic carbocycles. The molecule has 0 aliphatic heterocycles. The summed E-state index contributed by atoms with van der Waals surface area (Å²) in [6.45, 7) is 6.84. The second kappa shape index (κ2) is 6.30. The summed E-state index contributed by atoms with van der Waals surface area (Å²) in [7, 11) is 0. The molecular weight excluding hydrogens is 294 g/mol. The first kappa shape index (κ1) is 14.8. The molecule has 2 heterocycles. The Morgan fingerprint density at radius 2 is 1.76 bits per heavy atom. The lowest BCUT2D eigenvalue weighted by Gasteiger charge is -2.25. The highest BCUT2D eigenvalue weighted by atomic mass is 32.1. The van der Waals surface area contributed by atoms with Crippen molar-refractivity contribution in [3.8, 4) is 0 Å². The van der Waals surface area contributed by atoms with Crippen molar-refractivity contribution in [3.05, 3.63) is 57.6 Å². The minimum Gasteiger partial charge on any atom is -0.302 e. The highest BCUT2D eigenvalue weighted by molar-refractivity contribution is 7.19. The van der Waals surface area contributed by atoms with Gasteiger partial charge in [0.15, 0.2) is 0 Å². The van der Waals surface area contributed by atoms with Gasteiger partial charge in [0.05, 0.1) is 0 Å². The van der Waals surface area contributed by atoms with Crippen molar-refractivity contribution >= 4 is 32.8 Å². The number of thiophene rings is 2. The van der Waals surface area contributed by atoms with E-state index in [-0.39, 0.29) is 0 Å². The highest BCUT2D eigenvalue weighted by Gasteiger charge is 2.20. The lowest BCUT2D eigenvalue weighted by Crippen LogP contribution is -2.27. The molecule has 0 bridgehead atoms. The predicted octanol–water partition coefficient (Wildman–Crippen LogP) is 6.01. The topological polar surface area (TPSA) is 12.0 Å². The minimum atomic E-state index is 0.372. The maximum absolute atomic E-state index is 3.82. The van der Waals surface area contributed by atoms with Crippen molar-refractivity contribution in [2.45, 2.75) is 32.9 Å². The number of hydrogen-bond donors (Lipinski definition) is 1. The van der Waals surface area contributed by atoms with E-state index in [0.29, 0.717) is 18.0 Å². The van der Waals surface area contributed by atoms with E-state index in [0.717, 1.165) is 0 Å². The second-order valence-electron chi connectivity index (χ2n) is 5.81. The van der Waals surface area contributed by atoms with Crippen LogP contribution in [0.15, 0.2) is 47.8 Å². The van der Waals surface area contributed by atoms with Gasteiger partial charge in [-0.05, 0) is 41.8 Å². The van der Waals surface area contributed by atoms with Crippen LogP contribution in [-0.2, 0) is 0 Å². The molecular formula is C18H21NS2. The summed E-state index contributed by atoms with van der Waals surface area (Å²) in [4.78, 5) is 2.84. The summed E-state index contributed by atoms with van der Waals surface area (Å²) >= 11 is 3.74. The number of nitrogens with one attached hydrogen (secondary N) is 1. The molecule has 0 aliphatic rings. The van der Waals surface area contributed by atoms with Gasteiger partial charge in [-0.2, -0.15) is 0 Å². The third kappa shape index (κ3) is 3.20. The van der Waals surface area contributed by atoms with Crippen LogP contribution >= 0.6 is 22.7 Å². The minimum absolute atomic E-state index is 0.372. The van der Waals surface area contributed by atoms with E-state index in [1.54, 1.807) is 0 Å². The van der Waals surface area contributed by atoms with Crippen molar-refractivity contribution in [3.63, 3.8) is 0 Å². The molecule has 0 amide bonds. The van der Waals surface area contributed by atoms with Crippen LogP contribution in [0.3, 0.4) is 0 Å². The van der Waals surface area contributed by atoms with Crippen molar-refractivity contribution in [2.24, 2.45) is 5.92 Å². The van der Waals surface area contributed by atoms with Gasteiger partial charge in [0.1, 0.15) is 0 Å². The third-order valence-corrected chi connectivity index (χ3v) is 6.07. The molecule has 2 aromatic heterocycles. The second-order valence-corrected chi connectivity index (χ2v) is 7.91. The molecule has 0 saturated carbocycles. The number of fused-ring (bicyclic) bond motifs is 1. The molecule has 3 heteroatoms. The van der Waals surface area contributed by atoms with E-state index >= 15 is 0 Å². The van der Waals surface area contributed by atoms with Gasteiger partial charge in [-0.15, -0.1) is 22.7 Å². The lowest BCUT2D eigenvalue weighted by molar-refractivity contribution is 0.382. The Morgan fingerprint density at radius 3 is 2.43 bits per heavy atom. The maximum atomic E-state index is 3.82. The van der Waals surface area contributed by atoms with Crippen molar-refractivity contribution in [1.29, 1.82) is 0 Å². The summed E-state index contributed by atoms with van der Waals surface area (Å²) in [6.07, 6.45) is 0. The predicted molar refractivity (Wildman–Crippen MR) is 95.3 cm³/mol. The van der Waals surface area contributed by atoms with E-state index in [2.05, 4.69) is 73.9 Å². The van der Waals surface area contributed by atoms with Crippen molar-refractivity contribution < 1.29 is 0 Å². The van der Waals surface area contributed by atoms with E-state index in [1.165, 1.54) is 19.8 Å². The van der Waals surface area contributed by atoms with Crippen molar-refractivity contribution in [2.75, 3.05) is 0 Å². The van der Waals surface area contributed by atoms with Gasteiger partial charge >= 0.3 is 0 Å². The summed E-state index contributed by atoms with van der Waals surface area (Å²) in [5.74, 6) is 0.584. The summed E-state index contributed by atoms with van der Waals surface area (Å²) in [5.41, 5.74) is 0. The fourth-order valence-corrected chi connectivity index (χ4v) is 4.67. The number of hydrogen-bond acceptors (Lipinski definition) is 3. The van der Waals surface area contributed by atoms with E-state index < -0.39 is 0 Å². The maximum Gasteiger partial charge on any atom is 0.0443 e. The SMILES string of the molecule is CC(NC(c1cccs1)C(C)C)c1cc2ccccc2s1. The Hall–Kier alpha value is -1.16. The largest absolute Gasteiger partial charge is 0.302 e. The van der Waals surface area contributed by atoms with Gasteiger partial charge in [0, 0.05) is 26.5 Å². The van der Waals surface area contributed by atoms with Gasteiger partial charge in [-0.1, -0.05) is 38.1 Å². The molecule has 1 N–H and O–H groups in total. The fourth-order valence-electron chi connectivity index (χ4n) is 2.64. The monoisotopic (exact) mass is 315 g/mol. The lowest BCUT2D eigenvalue weighted by atomic mass is 10.0. The van der Waals surface area contributed by atoms with Crippen molar-refractivity contribution in [1.82, 2.24) is 5.32 Å². The van der Waals surface area contributed by atoms with Gasteiger partial charge < -0.3 is 5.32 Å². The first-order chi connectivity index (χ1) is 10.1. The standard InChI is InChI=1S/C18H21NS2/c1-12(2)18(16-9-6-10-20-16)19-13(3)17-11-14-7-4-5-8-15(14)21-17/h4-13,18-19H,1-3H3. The molecule has 0 spiro atoms. The molecule has 0 radical (unpaired) electrons. The Morgan fingerprint density at radius 1 is 0.952 bits per heavy atom. The fraction of sp³-hybridized carbons (Fsp3) is 0.333. The van der Waals surface area contributed by atoms with Crippen LogP contribution in [0.25, 0.3) is 10.1 Å². The molecule has 1 aromatic carbocycles. The summed E-state index contributed by atoms with van der Waals surface area (Å²) in [5, 5.41) is 7.33. The van der Waals surface area contributed by atoms with E-state index in [1.807, 2.05) is 22.7 Å². The summed E-state index contributed by atoms with van der Waals surface area (Å²) in [6, 6.07) is 16.1. The molecule has 110 valence electrons. The average molecular weight is 316 g/mol. The van der Waals surface area contributed by atoms with E-state index in [4.69, 9.17) is 0 Å². The molecule has 0 fully saturated rings. The molecule has 0 saturated heterocycles. The van der Waals surface area contributed by atoms with Gasteiger partial charge in [0.25, 0.3) is 0 Å². The molecule has 2 atom stereocenters. The summed E-state index contributed by atoms with van der Waals surface area (Å²) < 4.78 is 1.37. The van der Waals surface area contributed by atoms with Crippen LogP contribution in [0.2, 0.25) is 0 Å². The molecule has 3 aromatic rings. The van der Waals surface area contributed by atoms with Crippen LogP contribution < -0.4 is 5.32 Å². The Balaban J connectivity index is 1.82. The van der Waals surface area contributed by atoms with Crippen LogP contribution in [0, 0.1) is 5.92 Å². The zero-order chi connectivity index (χ0) is 14.8. The molecule has 2 unspecified atom stereocenters. The zero-order valence-electron chi connectivity index (χ0n) is 12.7. The highest BCUT2D eigenvalue weighted by Crippen LogP contribution is 2.33. The third-order valence-electron chi connectivity index (χ3n) is 3.82. The zero-order valence-corrected chi connectivity index (χ0v) is 14.3. The van der Waals surface area contributed by atoms with E-state index in [9.17, 15) is 0 Å².